The van der Waals surface area contributed by atoms with Gasteiger partial charge in [-0.3, -0.25) is 0 Å². The van der Waals surface area contributed by atoms with Gasteiger partial charge in [0.1, 0.15) is 5.82 Å². The lowest BCUT2D eigenvalue weighted by atomic mass is 10.4. The van der Waals surface area contributed by atoms with Crippen LogP contribution in [0.2, 0.25) is 0 Å². The van der Waals surface area contributed by atoms with Crippen molar-refractivity contribution in [2.24, 2.45) is 0 Å². The minimum Gasteiger partial charge on any atom is -0.424 e. The molecule has 19 heavy (non-hydrogen) atoms. The molecule has 0 saturated carbocycles. The zero-order chi connectivity index (χ0) is 13.4. The van der Waals surface area contributed by atoms with Crippen LogP contribution in [0.5, 0.6) is 0 Å². The minimum atomic E-state index is 0.457. The molecule has 0 atom stereocenters. The topological polar surface area (TPSA) is 81.1 Å². The quantitative estimate of drug-likeness (QED) is 0.769. The van der Waals surface area contributed by atoms with Crippen molar-refractivity contribution < 1.29 is 4.42 Å². The second kappa shape index (κ2) is 4.34. The van der Waals surface area contributed by atoms with Gasteiger partial charge in [-0.1, -0.05) is 0 Å². The van der Waals surface area contributed by atoms with Crippen LogP contribution in [-0.2, 0) is 6.54 Å². The van der Waals surface area contributed by atoms with Gasteiger partial charge in [-0.05, 0) is 13.8 Å². The van der Waals surface area contributed by atoms with Gasteiger partial charge < -0.3 is 9.73 Å². The molecule has 3 aromatic rings. The van der Waals surface area contributed by atoms with Crippen molar-refractivity contribution in [3.8, 4) is 0 Å². The average molecular weight is 258 g/mol. The van der Waals surface area contributed by atoms with E-state index in [2.05, 4.69) is 25.6 Å². The standard InChI is InChI=1S/C12H14N6O/c1-7-4-10(13-6-12-16-15-9(3)19-12)18-11(14-7)5-8(2)17-18/h4-5,13H,6H2,1-3H3. The van der Waals surface area contributed by atoms with Crippen LogP contribution in [0.4, 0.5) is 5.82 Å². The average Bonchev–Trinajstić information content (AvgIpc) is 2.91. The van der Waals surface area contributed by atoms with Crippen molar-refractivity contribution in [3.63, 3.8) is 0 Å². The van der Waals surface area contributed by atoms with Gasteiger partial charge in [0.2, 0.25) is 11.8 Å². The first-order chi connectivity index (χ1) is 9.11. The second-order valence-electron chi connectivity index (χ2n) is 4.41. The number of aromatic nitrogens is 5. The van der Waals surface area contributed by atoms with Crippen LogP contribution in [0.1, 0.15) is 23.2 Å². The Hall–Kier alpha value is -2.44. The molecule has 7 heteroatoms. The number of fused-ring (bicyclic) bond motifs is 1. The Bertz CT molecular complexity index is 729. The van der Waals surface area contributed by atoms with Gasteiger partial charge in [-0.25, -0.2) is 4.98 Å². The van der Waals surface area contributed by atoms with E-state index in [4.69, 9.17) is 4.42 Å². The van der Waals surface area contributed by atoms with Crippen LogP contribution in [0, 0.1) is 20.8 Å². The fourth-order valence-corrected chi connectivity index (χ4v) is 1.92. The van der Waals surface area contributed by atoms with E-state index in [9.17, 15) is 0 Å². The van der Waals surface area contributed by atoms with Crippen molar-refractivity contribution >= 4 is 11.5 Å². The molecule has 0 aliphatic carbocycles. The van der Waals surface area contributed by atoms with E-state index < -0.39 is 0 Å². The van der Waals surface area contributed by atoms with Crippen LogP contribution in [0.15, 0.2) is 16.5 Å². The molecule has 0 aliphatic heterocycles. The summed E-state index contributed by atoms with van der Waals surface area (Å²) in [7, 11) is 0. The Labute approximate surface area is 109 Å². The van der Waals surface area contributed by atoms with Crippen LogP contribution in [0.3, 0.4) is 0 Å². The van der Waals surface area contributed by atoms with Gasteiger partial charge in [0, 0.05) is 24.8 Å². The summed E-state index contributed by atoms with van der Waals surface area (Å²) in [5, 5.41) is 15.4. The van der Waals surface area contributed by atoms with Crippen molar-refractivity contribution in [3.05, 3.63) is 35.3 Å². The third-order valence-corrected chi connectivity index (χ3v) is 2.67. The molecule has 0 aromatic carbocycles. The Morgan fingerprint density at radius 3 is 2.74 bits per heavy atom. The van der Waals surface area contributed by atoms with E-state index >= 15 is 0 Å². The van der Waals surface area contributed by atoms with Crippen molar-refractivity contribution in [1.82, 2.24) is 24.8 Å². The highest BCUT2D eigenvalue weighted by atomic mass is 16.4. The molecule has 0 radical (unpaired) electrons. The number of nitrogens with one attached hydrogen (secondary N) is 1. The van der Waals surface area contributed by atoms with Gasteiger partial charge in [0.15, 0.2) is 5.65 Å². The number of aryl methyl sites for hydroxylation is 3. The molecule has 1 N–H and O–H groups in total. The molecule has 98 valence electrons. The molecule has 0 bridgehead atoms. The fourth-order valence-electron chi connectivity index (χ4n) is 1.92. The SMILES string of the molecule is Cc1cc(NCc2nnc(C)o2)n2nc(C)cc2n1. The summed E-state index contributed by atoms with van der Waals surface area (Å²) in [4.78, 5) is 4.43. The van der Waals surface area contributed by atoms with Crippen LogP contribution < -0.4 is 5.32 Å². The summed E-state index contributed by atoms with van der Waals surface area (Å²) >= 11 is 0. The summed E-state index contributed by atoms with van der Waals surface area (Å²) in [6.07, 6.45) is 0. The van der Waals surface area contributed by atoms with E-state index in [-0.39, 0.29) is 0 Å². The molecule has 3 aromatic heterocycles. The number of nitrogens with zero attached hydrogens (tertiary/aromatic N) is 5. The third kappa shape index (κ3) is 2.26. The molecular formula is C12H14N6O. The molecule has 0 saturated heterocycles. The molecule has 3 heterocycles. The maximum atomic E-state index is 5.32. The first kappa shape index (κ1) is 11.6. The zero-order valence-electron chi connectivity index (χ0n) is 11.0. The monoisotopic (exact) mass is 258 g/mol. The molecule has 3 rings (SSSR count). The summed E-state index contributed by atoms with van der Waals surface area (Å²) in [5.41, 5.74) is 2.67. The summed E-state index contributed by atoms with van der Waals surface area (Å²) in [6, 6.07) is 3.87. The predicted molar refractivity (Wildman–Crippen MR) is 68.8 cm³/mol. The van der Waals surface area contributed by atoms with Gasteiger partial charge in [-0.15, -0.1) is 10.2 Å². The number of hydrogen-bond acceptors (Lipinski definition) is 6. The van der Waals surface area contributed by atoms with E-state index in [1.807, 2.05) is 26.0 Å². The Morgan fingerprint density at radius 1 is 1.16 bits per heavy atom. The smallest absolute Gasteiger partial charge is 0.235 e. The maximum Gasteiger partial charge on any atom is 0.235 e. The highest BCUT2D eigenvalue weighted by Gasteiger charge is 2.08. The van der Waals surface area contributed by atoms with Gasteiger partial charge in [0.05, 0.1) is 12.2 Å². The molecule has 0 unspecified atom stereocenters. The lowest BCUT2D eigenvalue weighted by Crippen LogP contribution is -2.07. The Kier molecular flexibility index (Phi) is 2.66. The molecule has 0 amide bonds. The lowest BCUT2D eigenvalue weighted by molar-refractivity contribution is 0.474. The fraction of sp³-hybridized carbons (Fsp3) is 0.333. The van der Waals surface area contributed by atoms with Gasteiger partial charge in [0.25, 0.3) is 0 Å². The largest absolute Gasteiger partial charge is 0.424 e. The molecule has 0 spiro atoms. The maximum absolute atomic E-state index is 5.32. The third-order valence-electron chi connectivity index (χ3n) is 2.67. The first-order valence-corrected chi connectivity index (χ1v) is 5.99. The predicted octanol–water partition coefficient (Wildman–Crippen LogP) is 1.65. The highest BCUT2D eigenvalue weighted by molar-refractivity contribution is 5.50. The molecular weight excluding hydrogens is 244 g/mol. The van der Waals surface area contributed by atoms with E-state index in [0.717, 1.165) is 22.9 Å². The molecule has 0 aliphatic rings. The van der Waals surface area contributed by atoms with Crippen LogP contribution in [0.25, 0.3) is 5.65 Å². The lowest BCUT2D eigenvalue weighted by Gasteiger charge is -2.07. The van der Waals surface area contributed by atoms with Crippen LogP contribution in [-0.4, -0.2) is 24.8 Å². The Balaban J connectivity index is 1.91. The van der Waals surface area contributed by atoms with E-state index in [1.54, 1.807) is 11.4 Å². The number of anilines is 1. The summed E-state index contributed by atoms with van der Waals surface area (Å²) in [6.45, 7) is 6.11. The molecule has 0 fully saturated rings. The summed E-state index contributed by atoms with van der Waals surface area (Å²) in [5.74, 6) is 1.96. The first-order valence-electron chi connectivity index (χ1n) is 5.99. The van der Waals surface area contributed by atoms with Crippen molar-refractivity contribution in [1.29, 1.82) is 0 Å². The van der Waals surface area contributed by atoms with Crippen molar-refractivity contribution in [2.75, 3.05) is 5.32 Å². The van der Waals surface area contributed by atoms with Gasteiger partial charge >= 0.3 is 0 Å². The van der Waals surface area contributed by atoms with Crippen molar-refractivity contribution in [2.45, 2.75) is 27.3 Å². The van der Waals surface area contributed by atoms with E-state index in [1.165, 1.54) is 0 Å². The minimum absolute atomic E-state index is 0.457. The Morgan fingerprint density at radius 2 is 2.00 bits per heavy atom. The van der Waals surface area contributed by atoms with Gasteiger partial charge in [-0.2, -0.15) is 9.61 Å². The highest BCUT2D eigenvalue weighted by Crippen LogP contribution is 2.14. The zero-order valence-corrected chi connectivity index (χ0v) is 11.0. The van der Waals surface area contributed by atoms with E-state index in [0.29, 0.717) is 18.3 Å². The number of hydrogen-bond donors (Lipinski definition) is 1. The summed E-state index contributed by atoms with van der Waals surface area (Å²) < 4.78 is 7.09. The normalized spacial score (nSPS) is 11.1. The second-order valence-corrected chi connectivity index (χ2v) is 4.41. The number of rotatable bonds is 3. The molecule has 7 nitrogen and oxygen atoms in total. The van der Waals surface area contributed by atoms with Crippen LogP contribution >= 0.6 is 0 Å².